The summed E-state index contributed by atoms with van der Waals surface area (Å²) in [7, 11) is 0. The number of fused-ring (bicyclic) bond motifs is 1. The fourth-order valence-electron chi connectivity index (χ4n) is 2.85. The average molecular weight is 293 g/mol. The first-order valence-electron chi connectivity index (χ1n) is 6.84. The maximum Gasteiger partial charge on any atom is 0.417 e. The Balaban J connectivity index is 2.02. The topological polar surface area (TPSA) is 105 Å². The molecule has 1 aromatic heterocycles. The highest BCUT2D eigenvalue weighted by Gasteiger charge is 2.34. The minimum atomic E-state index is -0.503. The summed E-state index contributed by atoms with van der Waals surface area (Å²) in [6.45, 7) is 5.07. The molecule has 114 valence electrons. The number of morpholine rings is 1. The molecule has 0 aliphatic carbocycles. The largest absolute Gasteiger partial charge is 0.417 e. The number of aliphatic hydroxyl groups excluding tert-OH is 1. The summed E-state index contributed by atoms with van der Waals surface area (Å²) >= 11 is 0. The number of anilines is 2. The molecule has 1 saturated heterocycles. The molecule has 21 heavy (non-hydrogen) atoms. The van der Waals surface area contributed by atoms with Gasteiger partial charge in [0, 0.05) is 19.2 Å². The molecule has 7 nitrogen and oxygen atoms in total. The average Bonchev–Trinajstić information content (AvgIpc) is 2.74. The SMILES string of the molecule is CC1(C)CN(c2cc3[nH]c(=O)oc3cc2N)CC(CO)O1. The van der Waals surface area contributed by atoms with Crippen LogP contribution in [0.1, 0.15) is 13.8 Å². The highest BCUT2D eigenvalue weighted by atomic mass is 16.5. The van der Waals surface area contributed by atoms with E-state index in [1.54, 1.807) is 12.1 Å². The smallest absolute Gasteiger partial charge is 0.408 e. The van der Waals surface area contributed by atoms with E-state index in [1.807, 2.05) is 13.8 Å². The van der Waals surface area contributed by atoms with E-state index in [-0.39, 0.29) is 12.7 Å². The van der Waals surface area contributed by atoms with Crippen LogP contribution in [0, 0.1) is 0 Å². The predicted molar refractivity (Wildman–Crippen MR) is 79.5 cm³/mol. The fraction of sp³-hybridized carbons (Fsp3) is 0.500. The van der Waals surface area contributed by atoms with Crippen LogP contribution in [0.15, 0.2) is 21.3 Å². The van der Waals surface area contributed by atoms with Crippen molar-refractivity contribution in [2.75, 3.05) is 30.3 Å². The number of hydrogen-bond donors (Lipinski definition) is 3. The van der Waals surface area contributed by atoms with Crippen molar-refractivity contribution in [3.63, 3.8) is 0 Å². The number of aromatic nitrogens is 1. The van der Waals surface area contributed by atoms with Crippen molar-refractivity contribution in [3.05, 3.63) is 22.7 Å². The number of hydrogen-bond acceptors (Lipinski definition) is 6. The number of nitrogens with zero attached hydrogens (tertiary/aromatic N) is 1. The van der Waals surface area contributed by atoms with Crippen LogP contribution in [0.2, 0.25) is 0 Å². The Bertz CT molecular complexity index is 719. The summed E-state index contributed by atoms with van der Waals surface area (Å²) in [5.74, 6) is -0.503. The molecule has 1 unspecified atom stereocenters. The summed E-state index contributed by atoms with van der Waals surface area (Å²) < 4.78 is 10.8. The molecule has 0 bridgehead atoms. The van der Waals surface area contributed by atoms with Crippen molar-refractivity contribution in [2.24, 2.45) is 0 Å². The summed E-state index contributed by atoms with van der Waals surface area (Å²) in [5.41, 5.74) is 8.06. The van der Waals surface area contributed by atoms with Crippen molar-refractivity contribution >= 4 is 22.5 Å². The normalized spacial score (nSPS) is 21.9. The Hall–Kier alpha value is -1.99. The first-order valence-corrected chi connectivity index (χ1v) is 6.84. The molecule has 2 aromatic rings. The molecular weight excluding hydrogens is 274 g/mol. The molecule has 0 amide bonds. The zero-order valence-corrected chi connectivity index (χ0v) is 12.0. The summed E-state index contributed by atoms with van der Waals surface area (Å²) in [6, 6.07) is 3.43. The third-order valence-electron chi connectivity index (χ3n) is 3.59. The molecule has 1 aromatic carbocycles. The third kappa shape index (κ3) is 2.62. The first kappa shape index (κ1) is 14.0. The maximum atomic E-state index is 11.3. The van der Waals surface area contributed by atoms with E-state index in [1.165, 1.54) is 0 Å². The standard InChI is InChI=1S/C14H19N3O4/c1-14(2)7-17(5-8(6-18)21-14)11-4-10-12(3-9(11)15)20-13(19)16-10/h3-4,8,18H,5-7,15H2,1-2H3,(H,16,19). The summed E-state index contributed by atoms with van der Waals surface area (Å²) in [4.78, 5) is 15.9. The number of oxazole rings is 1. The zero-order valence-electron chi connectivity index (χ0n) is 12.0. The van der Waals surface area contributed by atoms with Crippen molar-refractivity contribution in [3.8, 4) is 0 Å². The van der Waals surface area contributed by atoms with E-state index in [4.69, 9.17) is 14.9 Å². The number of rotatable bonds is 2. The lowest BCUT2D eigenvalue weighted by Crippen LogP contribution is -2.54. The van der Waals surface area contributed by atoms with Crippen LogP contribution in [-0.2, 0) is 4.74 Å². The van der Waals surface area contributed by atoms with E-state index in [9.17, 15) is 9.90 Å². The molecule has 1 aliphatic rings. The maximum absolute atomic E-state index is 11.3. The van der Waals surface area contributed by atoms with Crippen molar-refractivity contribution in [1.29, 1.82) is 0 Å². The number of nitrogens with two attached hydrogens (primary N) is 1. The quantitative estimate of drug-likeness (QED) is 0.703. The molecule has 1 aliphatic heterocycles. The van der Waals surface area contributed by atoms with Gasteiger partial charge in [0.1, 0.15) is 0 Å². The third-order valence-corrected chi connectivity index (χ3v) is 3.59. The van der Waals surface area contributed by atoms with E-state index in [0.717, 1.165) is 5.69 Å². The molecule has 3 rings (SSSR count). The lowest BCUT2D eigenvalue weighted by molar-refractivity contribution is -0.100. The molecule has 4 N–H and O–H groups in total. The van der Waals surface area contributed by atoms with Crippen molar-refractivity contribution in [1.82, 2.24) is 4.98 Å². The van der Waals surface area contributed by atoms with Crippen molar-refractivity contribution < 1.29 is 14.3 Å². The van der Waals surface area contributed by atoms with Gasteiger partial charge in [0.2, 0.25) is 0 Å². The second-order valence-electron chi connectivity index (χ2n) is 5.98. The number of aromatic amines is 1. The second-order valence-corrected chi connectivity index (χ2v) is 5.98. The van der Waals surface area contributed by atoms with Gasteiger partial charge in [0.15, 0.2) is 5.58 Å². The van der Waals surface area contributed by atoms with Crippen LogP contribution in [0.25, 0.3) is 11.1 Å². The number of ether oxygens (including phenoxy) is 1. The van der Waals surface area contributed by atoms with Gasteiger partial charge >= 0.3 is 5.76 Å². The van der Waals surface area contributed by atoms with Crippen LogP contribution in [0.4, 0.5) is 11.4 Å². The van der Waals surface area contributed by atoms with Crippen LogP contribution in [-0.4, -0.2) is 41.5 Å². The Labute approximate surface area is 121 Å². The predicted octanol–water partition coefficient (Wildman–Crippen LogP) is 0.679. The van der Waals surface area contributed by atoms with Gasteiger partial charge in [-0.25, -0.2) is 4.79 Å². The van der Waals surface area contributed by atoms with Gasteiger partial charge in [-0.2, -0.15) is 0 Å². The van der Waals surface area contributed by atoms with Crippen LogP contribution in [0.3, 0.4) is 0 Å². The molecular formula is C14H19N3O4. The molecule has 7 heteroatoms. The number of nitrogen functional groups attached to an aromatic ring is 1. The highest BCUT2D eigenvalue weighted by Crippen LogP contribution is 2.32. The molecule has 0 spiro atoms. The van der Waals surface area contributed by atoms with Gasteiger partial charge in [-0.1, -0.05) is 0 Å². The van der Waals surface area contributed by atoms with Gasteiger partial charge in [0.05, 0.1) is 35.2 Å². The van der Waals surface area contributed by atoms with Crippen LogP contribution in [0.5, 0.6) is 0 Å². The number of nitrogens with one attached hydrogen (secondary N) is 1. The Morgan fingerprint density at radius 2 is 2.29 bits per heavy atom. The van der Waals surface area contributed by atoms with Crippen LogP contribution >= 0.6 is 0 Å². The fourth-order valence-corrected chi connectivity index (χ4v) is 2.85. The number of H-pyrrole nitrogens is 1. The second kappa shape index (κ2) is 4.78. The number of aliphatic hydroxyl groups is 1. The molecule has 1 atom stereocenters. The van der Waals surface area contributed by atoms with Gasteiger partial charge in [0.25, 0.3) is 0 Å². The first-order chi connectivity index (χ1) is 9.88. The van der Waals surface area contributed by atoms with Crippen LogP contribution < -0.4 is 16.4 Å². The zero-order chi connectivity index (χ0) is 15.2. The Kier molecular flexibility index (Phi) is 3.18. The monoisotopic (exact) mass is 293 g/mol. The minimum absolute atomic E-state index is 0.0510. The summed E-state index contributed by atoms with van der Waals surface area (Å²) in [6.07, 6.45) is -0.271. The molecule has 0 saturated carbocycles. The van der Waals surface area contributed by atoms with E-state index in [0.29, 0.717) is 29.9 Å². The number of benzene rings is 1. The van der Waals surface area contributed by atoms with Crippen molar-refractivity contribution in [2.45, 2.75) is 25.6 Å². The molecule has 2 heterocycles. The van der Waals surface area contributed by atoms with Gasteiger partial charge < -0.3 is 24.9 Å². The van der Waals surface area contributed by atoms with Gasteiger partial charge in [-0.15, -0.1) is 0 Å². The lowest BCUT2D eigenvalue weighted by atomic mass is 10.0. The van der Waals surface area contributed by atoms with Gasteiger partial charge in [-0.3, -0.25) is 4.98 Å². The van der Waals surface area contributed by atoms with E-state index >= 15 is 0 Å². The molecule has 1 fully saturated rings. The van der Waals surface area contributed by atoms with E-state index in [2.05, 4.69) is 9.88 Å². The highest BCUT2D eigenvalue weighted by molar-refractivity contribution is 5.85. The Morgan fingerprint density at radius 1 is 1.52 bits per heavy atom. The summed E-state index contributed by atoms with van der Waals surface area (Å²) in [5, 5.41) is 9.39. The Morgan fingerprint density at radius 3 is 3.00 bits per heavy atom. The van der Waals surface area contributed by atoms with Gasteiger partial charge in [-0.05, 0) is 19.9 Å². The molecule has 0 radical (unpaired) electrons. The van der Waals surface area contributed by atoms with E-state index < -0.39 is 11.4 Å². The lowest BCUT2D eigenvalue weighted by Gasteiger charge is -2.43. The minimum Gasteiger partial charge on any atom is -0.408 e.